The largest absolute Gasteiger partial charge is 0.465 e. The van der Waals surface area contributed by atoms with Crippen LogP contribution >= 0.6 is 11.3 Å². The van der Waals surface area contributed by atoms with Gasteiger partial charge in [-0.3, -0.25) is 14.5 Å². The fraction of sp³-hybridized carbons (Fsp3) is 0.167. The van der Waals surface area contributed by atoms with Crippen LogP contribution in [0.2, 0.25) is 0 Å². The highest BCUT2D eigenvalue weighted by molar-refractivity contribution is 7.14. The number of hydrogen-bond acceptors (Lipinski definition) is 6. The second-order valence-electron chi connectivity index (χ2n) is 7.27. The van der Waals surface area contributed by atoms with Crippen LogP contribution < -0.4 is 9.80 Å². The number of nitrogens with zero attached hydrogens (tertiary/aromatic N) is 3. The maximum absolute atomic E-state index is 14.2. The number of amides is 2. The topological polar surface area (TPSA) is 79.8 Å². The summed E-state index contributed by atoms with van der Waals surface area (Å²) < 4.78 is 19.0. The number of ether oxygens (including phenoxy) is 1. The summed E-state index contributed by atoms with van der Waals surface area (Å²) in [6.07, 6.45) is 3.60. The van der Waals surface area contributed by atoms with Gasteiger partial charge in [0.2, 0.25) is 5.91 Å². The molecular formula is C24H20FN3O4S. The van der Waals surface area contributed by atoms with E-state index in [1.807, 2.05) is 0 Å². The van der Waals surface area contributed by atoms with E-state index in [4.69, 9.17) is 4.74 Å². The molecule has 33 heavy (non-hydrogen) atoms. The van der Waals surface area contributed by atoms with Crippen molar-refractivity contribution in [2.75, 3.05) is 23.5 Å². The number of hydrogen-bond donors (Lipinski definition) is 0. The first-order valence-electron chi connectivity index (χ1n) is 10.1. The first kappa shape index (κ1) is 22.3. The predicted octanol–water partition coefficient (Wildman–Crippen LogP) is 4.36. The number of esters is 1. The third-order valence-corrected chi connectivity index (χ3v) is 6.01. The molecule has 1 aliphatic heterocycles. The molecule has 3 aromatic rings. The molecule has 0 saturated heterocycles. The lowest BCUT2D eigenvalue weighted by Crippen LogP contribution is -2.26. The van der Waals surface area contributed by atoms with E-state index in [9.17, 15) is 18.8 Å². The van der Waals surface area contributed by atoms with Crippen LogP contribution in [0.1, 0.15) is 28.5 Å². The highest BCUT2D eigenvalue weighted by atomic mass is 32.1. The van der Waals surface area contributed by atoms with Gasteiger partial charge in [0.1, 0.15) is 5.82 Å². The Morgan fingerprint density at radius 1 is 1.21 bits per heavy atom. The SMILES string of the molecule is COC(=O)c1ccc2c(c1)CCN2C(=O)/C=C/c1csc(N(C(C)=O)c2ccccc2F)n1. The monoisotopic (exact) mass is 465 g/mol. The van der Waals surface area contributed by atoms with E-state index < -0.39 is 11.8 Å². The van der Waals surface area contributed by atoms with Crippen molar-refractivity contribution in [3.63, 3.8) is 0 Å². The molecule has 9 heteroatoms. The van der Waals surface area contributed by atoms with Gasteiger partial charge in [0.25, 0.3) is 5.91 Å². The summed E-state index contributed by atoms with van der Waals surface area (Å²) >= 11 is 1.18. The minimum absolute atomic E-state index is 0.117. The zero-order valence-corrected chi connectivity index (χ0v) is 18.8. The zero-order chi connectivity index (χ0) is 23.5. The maximum Gasteiger partial charge on any atom is 0.337 e. The number of carbonyl (C=O) groups is 3. The Morgan fingerprint density at radius 2 is 2.00 bits per heavy atom. The van der Waals surface area contributed by atoms with Crippen LogP contribution in [-0.2, 0) is 20.7 Å². The number of thiazole rings is 1. The lowest BCUT2D eigenvalue weighted by atomic mass is 10.1. The van der Waals surface area contributed by atoms with Crippen LogP contribution in [0, 0.1) is 5.82 Å². The fourth-order valence-electron chi connectivity index (χ4n) is 3.62. The number of halogens is 1. The molecule has 0 bridgehead atoms. The van der Waals surface area contributed by atoms with E-state index in [0.29, 0.717) is 29.4 Å². The first-order valence-corrected chi connectivity index (χ1v) is 11.0. The van der Waals surface area contributed by atoms with Crippen LogP contribution in [-0.4, -0.2) is 36.4 Å². The van der Waals surface area contributed by atoms with Gasteiger partial charge in [-0.05, 0) is 48.4 Å². The summed E-state index contributed by atoms with van der Waals surface area (Å²) in [4.78, 5) is 43.9. The Bertz CT molecular complexity index is 1270. The Labute approximate surface area is 193 Å². The number of rotatable bonds is 5. The molecule has 168 valence electrons. The summed E-state index contributed by atoms with van der Waals surface area (Å²) in [5.74, 6) is -1.55. The van der Waals surface area contributed by atoms with Gasteiger partial charge in [-0.1, -0.05) is 12.1 Å². The van der Waals surface area contributed by atoms with Crippen LogP contribution in [0.25, 0.3) is 6.08 Å². The average molecular weight is 466 g/mol. The van der Waals surface area contributed by atoms with Crippen molar-refractivity contribution in [2.45, 2.75) is 13.3 Å². The second-order valence-corrected chi connectivity index (χ2v) is 8.11. The zero-order valence-electron chi connectivity index (χ0n) is 17.9. The van der Waals surface area contributed by atoms with Crippen molar-refractivity contribution in [3.05, 3.63) is 76.6 Å². The number of anilines is 3. The molecule has 0 aliphatic carbocycles. The number of fused-ring (bicyclic) bond motifs is 1. The second kappa shape index (κ2) is 9.33. The third-order valence-electron chi connectivity index (χ3n) is 5.17. The van der Waals surface area contributed by atoms with Gasteiger partial charge in [0.15, 0.2) is 5.13 Å². The molecule has 0 saturated carbocycles. The van der Waals surface area contributed by atoms with Crippen molar-refractivity contribution < 1.29 is 23.5 Å². The number of methoxy groups -OCH3 is 1. The smallest absolute Gasteiger partial charge is 0.337 e. The van der Waals surface area contributed by atoms with Gasteiger partial charge < -0.3 is 9.64 Å². The van der Waals surface area contributed by atoms with E-state index in [0.717, 1.165) is 11.3 Å². The molecule has 4 rings (SSSR count). The molecule has 1 aliphatic rings. The molecule has 7 nitrogen and oxygen atoms in total. The molecule has 2 heterocycles. The van der Waals surface area contributed by atoms with Crippen LogP contribution in [0.15, 0.2) is 53.9 Å². The van der Waals surface area contributed by atoms with Crippen molar-refractivity contribution >= 4 is 51.7 Å². The van der Waals surface area contributed by atoms with E-state index in [1.165, 1.54) is 48.5 Å². The molecule has 0 atom stereocenters. The molecule has 0 unspecified atom stereocenters. The van der Waals surface area contributed by atoms with E-state index in [1.54, 1.807) is 46.7 Å². The van der Waals surface area contributed by atoms with Gasteiger partial charge in [0.05, 0.1) is 24.1 Å². The summed E-state index contributed by atoms with van der Waals surface area (Å²) in [5.41, 5.74) is 2.69. The molecule has 1 aromatic heterocycles. The standard InChI is InChI=1S/C24H20FN3O4S/c1-15(29)28(21-6-4-3-5-19(21)25)24-26-18(14-33-24)8-10-22(30)27-12-11-16-13-17(23(31)32-2)7-9-20(16)27/h3-10,13-14H,11-12H2,1-2H3/b10-8+. The fourth-order valence-corrected chi connectivity index (χ4v) is 4.47. The normalized spacial score (nSPS) is 12.6. The quantitative estimate of drug-likeness (QED) is 0.413. The van der Waals surface area contributed by atoms with Gasteiger partial charge in [-0.2, -0.15) is 0 Å². The molecule has 2 aromatic carbocycles. The Kier molecular flexibility index (Phi) is 6.32. The van der Waals surface area contributed by atoms with Crippen LogP contribution in [0.4, 0.5) is 20.9 Å². The lowest BCUT2D eigenvalue weighted by Gasteiger charge is -2.18. The summed E-state index contributed by atoms with van der Waals surface area (Å²) in [7, 11) is 1.33. The molecule has 0 radical (unpaired) electrons. The maximum atomic E-state index is 14.2. The van der Waals surface area contributed by atoms with E-state index in [2.05, 4.69) is 4.98 Å². The Morgan fingerprint density at radius 3 is 2.73 bits per heavy atom. The van der Waals surface area contributed by atoms with Crippen molar-refractivity contribution in [2.24, 2.45) is 0 Å². The predicted molar refractivity (Wildman–Crippen MR) is 124 cm³/mol. The average Bonchev–Trinajstić information content (AvgIpc) is 3.45. The number of para-hydroxylation sites is 1. The third kappa shape index (κ3) is 4.54. The lowest BCUT2D eigenvalue weighted by molar-refractivity contribution is -0.116. The van der Waals surface area contributed by atoms with Gasteiger partial charge in [-0.15, -0.1) is 11.3 Å². The highest BCUT2D eigenvalue weighted by Crippen LogP contribution is 2.32. The van der Waals surface area contributed by atoms with Gasteiger partial charge in [0, 0.05) is 30.6 Å². The molecule has 2 amide bonds. The molecular weight excluding hydrogens is 445 g/mol. The van der Waals surface area contributed by atoms with Crippen LogP contribution in [0.5, 0.6) is 0 Å². The van der Waals surface area contributed by atoms with Crippen molar-refractivity contribution in [3.8, 4) is 0 Å². The van der Waals surface area contributed by atoms with Crippen LogP contribution in [0.3, 0.4) is 0 Å². The first-order chi connectivity index (χ1) is 15.9. The van der Waals surface area contributed by atoms with E-state index in [-0.39, 0.29) is 17.5 Å². The van der Waals surface area contributed by atoms with E-state index >= 15 is 0 Å². The van der Waals surface area contributed by atoms with Crippen molar-refractivity contribution in [1.82, 2.24) is 4.98 Å². The number of carbonyl (C=O) groups excluding carboxylic acids is 3. The number of benzene rings is 2. The molecule has 0 spiro atoms. The molecule has 0 fully saturated rings. The minimum Gasteiger partial charge on any atom is -0.465 e. The number of aromatic nitrogens is 1. The summed E-state index contributed by atoms with van der Waals surface area (Å²) in [6, 6.07) is 11.1. The Hall–Kier alpha value is -3.85. The summed E-state index contributed by atoms with van der Waals surface area (Å²) in [5, 5.41) is 2.00. The molecule has 0 N–H and O–H groups in total. The Balaban J connectivity index is 1.51. The highest BCUT2D eigenvalue weighted by Gasteiger charge is 2.25. The summed E-state index contributed by atoms with van der Waals surface area (Å²) in [6.45, 7) is 1.83. The van der Waals surface area contributed by atoms with Gasteiger partial charge >= 0.3 is 5.97 Å². The van der Waals surface area contributed by atoms with Crippen molar-refractivity contribution in [1.29, 1.82) is 0 Å². The van der Waals surface area contributed by atoms with Gasteiger partial charge in [-0.25, -0.2) is 14.2 Å². The minimum atomic E-state index is -0.529.